The van der Waals surface area contributed by atoms with Crippen molar-refractivity contribution in [3.05, 3.63) is 100 Å². The van der Waals surface area contributed by atoms with Crippen molar-refractivity contribution in [2.45, 2.75) is 13.0 Å². The Morgan fingerprint density at radius 2 is 2.00 bits per heavy atom. The van der Waals surface area contributed by atoms with Crippen molar-refractivity contribution in [1.29, 1.82) is 0 Å². The summed E-state index contributed by atoms with van der Waals surface area (Å²) in [6.07, 6.45) is 3.44. The summed E-state index contributed by atoms with van der Waals surface area (Å²) in [6.45, 7) is 0.375. The lowest BCUT2D eigenvalue weighted by atomic mass is 10.1. The van der Waals surface area contributed by atoms with Crippen LogP contribution in [0, 0.1) is 5.82 Å². The average molecular weight is 484 g/mol. The SMILES string of the molecule is COc1ccccc1CCn1cnc2cccc(NC(=O)c3ccc(-c4cnn[nH]4)c(F)c3)c2c1=O. The van der Waals surface area contributed by atoms with Gasteiger partial charge in [-0.25, -0.2) is 9.37 Å². The largest absolute Gasteiger partial charge is 0.496 e. The summed E-state index contributed by atoms with van der Waals surface area (Å²) in [7, 11) is 1.60. The second-order valence-electron chi connectivity index (χ2n) is 8.02. The molecule has 10 heteroatoms. The average Bonchev–Trinajstić information content (AvgIpc) is 3.43. The van der Waals surface area contributed by atoms with Crippen molar-refractivity contribution in [3.8, 4) is 17.0 Å². The summed E-state index contributed by atoms with van der Waals surface area (Å²) in [5.74, 6) is -0.416. The number of aromatic nitrogens is 5. The molecule has 0 atom stereocenters. The molecule has 2 N–H and O–H groups in total. The highest BCUT2D eigenvalue weighted by molar-refractivity contribution is 6.08. The van der Waals surface area contributed by atoms with Crippen molar-refractivity contribution < 1.29 is 13.9 Å². The molecular weight excluding hydrogens is 463 g/mol. The number of aromatic amines is 1. The molecule has 2 heterocycles. The normalized spacial score (nSPS) is 10.9. The molecule has 0 aliphatic carbocycles. The quantitative estimate of drug-likeness (QED) is 0.363. The van der Waals surface area contributed by atoms with E-state index in [2.05, 4.69) is 25.7 Å². The maximum atomic E-state index is 14.6. The number of benzene rings is 3. The molecule has 1 amide bonds. The predicted molar refractivity (Wildman–Crippen MR) is 132 cm³/mol. The van der Waals surface area contributed by atoms with Crippen LogP contribution in [-0.4, -0.2) is 38.0 Å². The number of rotatable bonds is 7. The number of nitrogens with zero attached hydrogens (tertiary/aromatic N) is 4. The molecule has 3 aromatic carbocycles. The van der Waals surface area contributed by atoms with Crippen molar-refractivity contribution in [2.24, 2.45) is 0 Å². The summed E-state index contributed by atoms with van der Waals surface area (Å²) in [4.78, 5) is 30.7. The van der Waals surface area contributed by atoms with Crippen LogP contribution in [-0.2, 0) is 13.0 Å². The Hall–Kier alpha value is -4.86. The van der Waals surface area contributed by atoms with E-state index in [1.807, 2.05) is 24.3 Å². The first kappa shape index (κ1) is 22.9. The molecule has 9 nitrogen and oxygen atoms in total. The zero-order valence-corrected chi connectivity index (χ0v) is 19.2. The van der Waals surface area contributed by atoms with E-state index in [1.165, 1.54) is 29.2 Å². The molecule has 5 aromatic rings. The molecule has 0 radical (unpaired) electrons. The Morgan fingerprint density at radius 3 is 2.78 bits per heavy atom. The topological polar surface area (TPSA) is 115 Å². The van der Waals surface area contributed by atoms with Gasteiger partial charge in [0, 0.05) is 17.7 Å². The molecule has 0 aliphatic heterocycles. The van der Waals surface area contributed by atoms with Crippen molar-refractivity contribution in [3.63, 3.8) is 0 Å². The number of para-hydroxylation sites is 1. The third-order valence-corrected chi connectivity index (χ3v) is 5.85. The number of carbonyl (C=O) groups excluding carboxylic acids is 1. The van der Waals surface area contributed by atoms with Crippen LogP contribution in [0.1, 0.15) is 15.9 Å². The fraction of sp³-hybridized carbons (Fsp3) is 0.115. The summed E-state index contributed by atoms with van der Waals surface area (Å²) in [5.41, 5.74) is 2.14. The number of H-pyrrole nitrogens is 1. The van der Waals surface area contributed by atoms with Gasteiger partial charge in [0.25, 0.3) is 11.5 Å². The van der Waals surface area contributed by atoms with E-state index in [0.29, 0.717) is 29.9 Å². The summed E-state index contributed by atoms with van der Waals surface area (Å²) in [6, 6.07) is 16.7. The minimum atomic E-state index is -0.605. The van der Waals surface area contributed by atoms with Crippen molar-refractivity contribution >= 4 is 22.5 Å². The van der Waals surface area contributed by atoms with Crippen LogP contribution < -0.4 is 15.6 Å². The number of methoxy groups -OCH3 is 1. The Balaban J connectivity index is 1.42. The number of carbonyl (C=O) groups is 1. The van der Waals surface area contributed by atoms with E-state index in [-0.39, 0.29) is 22.1 Å². The van der Waals surface area contributed by atoms with Crippen LogP contribution in [0.3, 0.4) is 0 Å². The summed E-state index contributed by atoms with van der Waals surface area (Å²) >= 11 is 0. The molecule has 0 spiro atoms. The second kappa shape index (κ2) is 9.79. The highest BCUT2D eigenvalue weighted by atomic mass is 19.1. The van der Waals surface area contributed by atoms with Gasteiger partial charge in [0.1, 0.15) is 11.6 Å². The van der Waals surface area contributed by atoms with Gasteiger partial charge in [-0.3, -0.25) is 19.3 Å². The van der Waals surface area contributed by atoms with Gasteiger partial charge < -0.3 is 10.1 Å². The zero-order valence-electron chi connectivity index (χ0n) is 19.2. The highest BCUT2D eigenvalue weighted by Crippen LogP contribution is 2.23. The van der Waals surface area contributed by atoms with Crippen LogP contribution in [0.25, 0.3) is 22.2 Å². The molecule has 0 fully saturated rings. The van der Waals surface area contributed by atoms with Gasteiger partial charge in [-0.05, 0) is 48.4 Å². The molecule has 180 valence electrons. The monoisotopic (exact) mass is 484 g/mol. The van der Waals surface area contributed by atoms with E-state index in [0.717, 1.165) is 17.4 Å². The first-order chi connectivity index (χ1) is 17.5. The van der Waals surface area contributed by atoms with Crippen molar-refractivity contribution in [2.75, 3.05) is 12.4 Å². The lowest BCUT2D eigenvalue weighted by molar-refractivity contribution is 0.102. The van der Waals surface area contributed by atoms with Gasteiger partial charge in [0.15, 0.2) is 0 Å². The van der Waals surface area contributed by atoms with Gasteiger partial charge in [-0.2, -0.15) is 0 Å². The Bertz CT molecular complexity index is 1610. The standard InChI is InChI=1S/C26H21FN6O3/c1-36-23-8-3-2-5-16(23)11-12-33-15-28-20-6-4-7-21(24(20)26(33)35)30-25(34)17-9-10-18(19(27)13-17)22-14-29-32-31-22/h2-10,13-15H,11-12H2,1H3,(H,30,34)(H,29,31,32). The second-order valence-corrected chi connectivity index (χ2v) is 8.02. The maximum Gasteiger partial charge on any atom is 0.263 e. The lowest BCUT2D eigenvalue weighted by Gasteiger charge is -2.12. The van der Waals surface area contributed by atoms with Crippen LogP contribution in [0.4, 0.5) is 10.1 Å². The fourth-order valence-electron chi connectivity index (χ4n) is 4.01. The number of anilines is 1. The smallest absolute Gasteiger partial charge is 0.263 e. The van der Waals surface area contributed by atoms with Crippen LogP contribution in [0.5, 0.6) is 5.75 Å². The molecule has 0 bridgehead atoms. The number of halogens is 1. The Kier molecular flexibility index (Phi) is 6.23. The van der Waals surface area contributed by atoms with E-state index in [1.54, 1.807) is 25.3 Å². The number of nitrogens with one attached hydrogen (secondary N) is 2. The number of hydrogen-bond acceptors (Lipinski definition) is 6. The predicted octanol–water partition coefficient (Wildman–Crippen LogP) is 3.82. The minimum absolute atomic E-state index is 0.0983. The molecule has 0 aliphatic rings. The summed E-state index contributed by atoms with van der Waals surface area (Å²) < 4.78 is 21.5. The lowest BCUT2D eigenvalue weighted by Crippen LogP contribution is -2.23. The molecule has 2 aromatic heterocycles. The van der Waals surface area contributed by atoms with E-state index in [4.69, 9.17) is 4.74 Å². The van der Waals surface area contributed by atoms with E-state index in [9.17, 15) is 14.0 Å². The molecular formula is C26H21FN6O3. The van der Waals surface area contributed by atoms with Gasteiger partial charge in [-0.1, -0.05) is 29.5 Å². The van der Waals surface area contributed by atoms with E-state index < -0.39 is 11.7 Å². The van der Waals surface area contributed by atoms with Crippen LogP contribution >= 0.6 is 0 Å². The Labute approximate surface area is 204 Å². The van der Waals surface area contributed by atoms with Gasteiger partial charge in [0.2, 0.25) is 0 Å². The molecule has 0 unspecified atom stereocenters. The first-order valence-electron chi connectivity index (χ1n) is 11.1. The first-order valence-corrected chi connectivity index (χ1v) is 11.1. The number of ether oxygens (including phenoxy) is 1. The van der Waals surface area contributed by atoms with Crippen LogP contribution in [0.15, 0.2) is 78.0 Å². The summed E-state index contributed by atoms with van der Waals surface area (Å²) in [5, 5.41) is 12.8. The Morgan fingerprint density at radius 1 is 1.14 bits per heavy atom. The van der Waals surface area contributed by atoms with Gasteiger partial charge in [-0.15, -0.1) is 5.10 Å². The number of fused-ring (bicyclic) bond motifs is 1. The molecule has 0 saturated carbocycles. The molecule has 5 rings (SSSR count). The minimum Gasteiger partial charge on any atom is -0.496 e. The molecule has 0 saturated heterocycles. The van der Waals surface area contributed by atoms with Gasteiger partial charge in [0.05, 0.1) is 41.9 Å². The van der Waals surface area contributed by atoms with Gasteiger partial charge >= 0.3 is 0 Å². The highest BCUT2D eigenvalue weighted by Gasteiger charge is 2.16. The third kappa shape index (κ3) is 4.43. The zero-order chi connectivity index (χ0) is 25.1. The maximum absolute atomic E-state index is 14.6. The fourth-order valence-corrected chi connectivity index (χ4v) is 4.01. The van der Waals surface area contributed by atoms with E-state index >= 15 is 0 Å². The van der Waals surface area contributed by atoms with Crippen molar-refractivity contribution in [1.82, 2.24) is 25.0 Å². The number of amides is 1. The number of aryl methyl sites for hydroxylation is 2. The third-order valence-electron chi connectivity index (χ3n) is 5.85. The number of hydrogen-bond donors (Lipinski definition) is 2. The van der Waals surface area contributed by atoms with Crippen LogP contribution in [0.2, 0.25) is 0 Å². The molecule has 36 heavy (non-hydrogen) atoms.